The maximum Gasteiger partial charge on any atom is 0.164 e. The van der Waals surface area contributed by atoms with Gasteiger partial charge in [-0.1, -0.05) is 24.6 Å². The summed E-state index contributed by atoms with van der Waals surface area (Å²) >= 11 is 6.03. The Morgan fingerprint density at radius 1 is 1.50 bits per heavy atom. The molecule has 0 amide bonds. The second-order valence-corrected chi connectivity index (χ2v) is 4.62. The van der Waals surface area contributed by atoms with Gasteiger partial charge in [-0.2, -0.15) is 5.10 Å². The molecule has 2 rings (SSSR count). The predicted molar refractivity (Wildman–Crippen MR) is 77.1 cm³/mol. The topological polar surface area (TPSA) is 89.8 Å². The highest BCUT2D eigenvalue weighted by molar-refractivity contribution is 6.34. The van der Waals surface area contributed by atoms with Crippen LogP contribution in [0.25, 0.3) is 0 Å². The number of ether oxygens (including phenoxy) is 1. The number of nitrogens with zero attached hydrogens (tertiary/aromatic N) is 3. The number of halogens is 1. The van der Waals surface area contributed by atoms with Crippen molar-refractivity contribution in [2.24, 2.45) is 5.73 Å². The van der Waals surface area contributed by atoms with Crippen molar-refractivity contribution in [3.63, 3.8) is 0 Å². The number of amidine groups is 1. The molecule has 0 saturated heterocycles. The first-order valence-corrected chi connectivity index (χ1v) is 6.63. The molecule has 106 valence electrons. The third-order valence-corrected chi connectivity index (χ3v) is 3.05. The van der Waals surface area contributed by atoms with E-state index >= 15 is 0 Å². The van der Waals surface area contributed by atoms with Crippen LogP contribution in [0.4, 0.5) is 0 Å². The predicted octanol–water partition coefficient (Wildman–Crippen LogP) is 2.20. The first-order valence-electron chi connectivity index (χ1n) is 6.25. The number of aromatic nitrogens is 3. The molecular formula is C13H16ClN5O. The van der Waals surface area contributed by atoms with Crippen LogP contribution in [0.5, 0.6) is 5.75 Å². The molecule has 0 unspecified atom stereocenters. The van der Waals surface area contributed by atoms with Gasteiger partial charge in [-0.25, -0.2) is 9.67 Å². The monoisotopic (exact) mass is 293 g/mol. The lowest BCUT2D eigenvalue weighted by Crippen LogP contribution is -2.15. The molecule has 20 heavy (non-hydrogen) atoms. The van der Waals surface area contributed by atoms with Gasteiger partial charge in [-0.05, 0) is 18.6 Å². The Morgan fingerprint density at radius 2 is 2.30 bits per heavy atom. The number of rotatable bonds is 6. The summed E-state index contributed by atoms with van der Waals surface area (Å²) in [6.45, 7) is 3.10. The van der Waals surface area contributed by atoms with Crippen LogP contribution in [0.3, 0.4) is 0 Å². The van der Waals surface area contributed by atoms with Gasteiger partial charge in [0.1, 0.15) is 24.5 Å². The SMILES string of the molecule is CCCn1ncnc1COc1cccc(Cl)c1C(=N)N. The Morgan fingerprint density at radius 3 is 3.00 bits per heavy atom. The van der Waals surface area contributed by atoms with E-state index in [9.17, 15) is 0 Å². The van der Waals surface area contributed by atoms with Gasteiger partial charge in [0.25, 0.3) is 0 Å². The van der Waals surface area contributed by atoms with Gasteiger partial charge in [0.2, 0.25) is 0 Å². The normalized spacial score (nSPS) is 10.5. The van der Waals surface area contributed by atoms with E-state index in [0.29, 0.717) is 16.3 Å². The summed E-state index contributed by atoms with van der Waals surface area (Å²) in [5.74, 6) is 1.07. The van der Waals surface area contributed by atoms with Crippen LogP contribution < -0.4 is 10.5 Å². The zero-order chi connectivity index (χ0) is 14.5. The van der Waals surface area contributed by atoms with Crippen LogP contribution in [0.1, 0.15) is 24.7 Å². The molecule has 1 aromatic heterocycles. The highest BCUT2D eigenvalue weighted by atomic mass is 35.5. The summed E-state index contributed by atoms with van der Waals surface area (Å²) in [5, 5.41) is 12.1. The summed E-state index contributed by atoms with van der Waals surface area (Å²) in [7, 11) is 0. The van der Waals surface area contributed by atoms with Crippen LogP contribution in [0, 0.1) is 5.41 Å². The third-order valence-electron chi connectivity index (χ3n) is 2.73. The molecule has 0 aliphatic carbocycles. The molecule has 0 bridgehead atoms. The molecule has 0 atom stereocenters. The van der Waals surface area contributed by atoms with E-state index in [1.54, 1.807) is 22.9 Å². The summed E-state index contributed by atoms with van der Waals surface area (Å²) in [6, 6.07) is 5.15. The lowest BCUT2D eigenvalue weighted by atomic mass is 10.2. The smallest absolute Gasteiger partial charge is 0.164 e. The number of nitrogens with two attached hydrogens (primary N) is 1. The van der Waals surface area contributed by atoms with E-state index in [4.69, 9.17) is 27.5 Å². The second kappa shape index (κ2) is 6.38. The quantitative estimate of drug-likeness (QED) is 0.631. The Kier molecular flexibility index (Phi) is 4.57. The van der Waals surface area contributed by atoms with E-state index < -0.39 is 0 Å². The van der Waals surface area contributed by atoms with Gasteiger partial charge in [-0.15, -0.1) is 0 Å². The van der Waals surface area contributed by atoms with Crippen molar-refractivity contribution in [3.05, 3.63) is 40.9 Å². The van der Waals surface area contributed by atoms with E-state index in [1.807, 2.05) is 0 Å². The summed E-state index contributed by atoms with van der Waals surface area (Å²) in [5.41, 5.74) is 5.93. The largest absolute Gasteiger partial charge is 0.485 e. The standard InChI is InChI=1S/C13H16ClN5O/c1-2-6-19-11(17-8-18-19)7-20-10-5-3-4-9(14)12(10)13(15)16/h3-5,8H,2,6-7H2,1H3,(H3,15,16). The molecule has 0 radical (unpaired) electrons. The van der Waals surface area contributed by atoms with Gasteiger partial charge in [-0.3, -0.25) is 5.41 Å². The van der Waals surface area contributed by atoms with Crippen molar-refractivity contribution in [2.45, 2.75) is 26.5 Å². The second-order valence-electron chi connectivity index (χ2n) is 4.21. The summed E-state index contributed by atoms with van der Waals surface area (Å²) < 4.78 is 7.47. The van der Waals surface area contributed by atoms with Crippen LogP contribution in [-0.4, -0.2) is 20.6 Å². The number of nitrogens with one attached hydrogen (secondary N) is 1. The molecule has 1 aromatic carbocycles. The fourth-order valence-electron chi connectivity index (χ4n) is 1.83. The molecule has 0 saturated carbocycles. The van der Waals surface area contributed by atoms with Crippen LogP contribution in [0.2, 0.25) is 5.02 Å². The molecule has 0 aliphatic rings. The van der Waals surface area contributed by atoms with Gasteiger partial charge in [0.15, 0.2) is 5.82 Å². The molecule has 7 heteroatoms. The molecule has 2 aromatic rings. The van der Waals surface area contributed by atoms with Crippen LogP contribution in [-0.2, 0) is 13.2 Å². The third kappa shape index (κ3) is 3.08. The maximum atomic E-state index is 7.56. The fraction of sp³-hybridized carbons (Fsp3) is 0.308. The highest BCUT2D eigenvalue weighted by Crippen LogP contribution is 2.26. The molecular weight excluding hydrogens is 278 g/mol. The minimum absolute atomic E-state index is 0.124. The van der Waals surface area contributed by atoms with Crippen molar-refractivity contribution < 1.29 is 4.74 Å². The minimum atomic E-state index is -0.124. The molecule has 1 heterocycles. The first-order chi connectivity index (χ1) is 9.63. The van der Waals surface area contributed by atoms with Gasteiger partial charge in [0, 0.05) is 6.54 Å². The number of benzene rings is 1. The van der Waals surface area contributed by atoms with E-state index in [2.05, 4.69) is 17.0 Å². The average Bonchev–Trinajstić information content (AvgIpc) is 2.84. The average molecular weight is 294 g/mol. The lowest BCUT2D eigenvalue weighted by molar-refractivity contribution is 0.285. The number of hydrogen-bond donors (Lipinski definition) is 2. The van der Waals surface area contributed by atoms with Crippen molar-refractivity contribution in [3.8, 4) is 5.75 Å². The zero-order valence-corrected chi connectivity index (χ0v) is 11.9. The molecule has 0 fully saturated rings. The van der Waals surface area contributed by atoms with Crippen molar-refractivity contribution in [1.82, 2.24) is 14.8 Å². The maximum absolute atomic E-state index is 7.56. The van der Waals surface area contributed by atoms with Gasteiger partial charge < -0.3 is 10.5 Å². The van der Waals surface area contributed by atoms with Crippen molar-refractivity contribution >= 4 is 17.4 Å². The van der Waals surface area contributed by atoms with Crippen molar-refractivity contribution in [2.75, 3.05) is 0 Å². The minimum Gasteiger partial charge on any atom is -0.485 e. The van der Waals surface area contributed by atoms with Crippen LogP contribution >= 0.6 is 11.6 Å². The Bertz CT molecular complexity index is 611. The molecule has 3 N–H and O–H groups in total. The molecule has 0 aliphatic heterocycles. The van der Waals surface area contributed by atoms with Crippen molar-refractivity contribution in [1.29, 1.82) is 5.41 Å². The number of aryl methyl sites for hydroxylation is 1. The van der Waals surface area contributed by atoms with E-state index in [0.717, 1.165) is 18.8 Å². The highest BCUT2D eigenvalue weighted by Gasteiger charge is 2.12. The lowest BCUT2D eigenvalue weighted by Gasteiger charge is -2.12. The Hall–Kier alpha value is -2.08. The Balaban J connectivity index is 2.17. The number of nitrogen functional groups attached to an aromatic ring is 1. The van der Waals surface area contributed by atoms with Gasteiger partial charge >= 0.3 is 0 Å². The first kappa shape index (κ1) is 14.3. The van der Waals surface area contributed by atoms with Crippen LogP contribution in [0.15, 0.2) is 24.5 Å². The van der Waals surface area contributed by atoms with E-state index in [-0.39, 0.29) is 12.4 Å². The summed E-state index contributed by atoms with van der Waals surface area (Å²) in [6.07, 6.45) is 2.46. The fourth-order valence-corrected chi connectivity index (χ4v) is 2.09. The van der Waals surface area contributed by atoms with Gasteiger partial charge in [0.05, 0.1) is 10.6 Å². The molecule has 0 spiro atoms. The van der Waals surface area contributed by atoms with E-state index in [1.165, 1.54) is 6.33 Å². The zero-order valence-electron chi connectivity index (χ0n) is 11.1. The summed E-state index contributed by atoms with van der Waals surface area (Å²) in [4.78, 5) is 4.16. The molecule has 6 nitrogen and oxygen atoms in total. The Labute approximate surface area is 122 Å². The number of hydrogen-bond acceptors (Lipinski definition) is 4.